The molecule has 1 heterocycles. The molecule has 0 amide bonds. The van der Waals surface area contributed by atoms with E-state index in [1.165, 1.54) is 7.11 Å². The Hall–Kier alpha value is -0.870. The van der Waals surface area contributed by atoms with E-state index in [9.17, 15) is 5.11 Å². The fourth-order valence-corrected chi connectivity index (χ4v) is 1.07. The number of nitrogens with zero attached hydrogens (tertiary/aromatic N) is 1. The van der Waals surface area contributed by atoms with E-state index in [1.807, 2.05) is 13.1 Å². The van der Waals surface area contributed by atoms with Crippen LogP contribution in [0, 0.1) is 5.92 Å². The summed E-state index contributed by atoms with van der Waals surface area (Å²) in [5, 5.41) is 9.27. The van der Waals surface area contributed by atoms with Crippen molar-refractivity contribution in [3.63, 3.8) is 0 Å². The van der Waals surface area contributed by atoms with Crippen molar-refractivity contribution in [2.75, 3.05) is 7.11 Å². The first-order valence-electron chi connectivity index (χ1n) is 3.92. The van der Waals surface area contributed by atoms with Gasteiger partial charge in [-0.3, -0.25) is 0 Å². The summed E-state index contributed by atoms with van der Waals surface area (Å²) in [6, 6.07) is 0. The molecule has 0 aromatic carbocycles. The number of aliphatic hydroxyl groups excluding tert-OH is 1. The quantitative estimate of drug-likeness (QED) is 0.649. The van der Waals surface area contributed by atoms with E-state index in [0.717, 1.165) is 12.1 Å². The van der Waals surface area contributed by atoms with Crippen LogP contribution in [-0.4, -0.2) is 28.5 Å². The number of hydrogen-bond acceptors (Lipinski definition) is 3. The molecule has 4 nitrogen and oxygen atoms in total. The number of aromatic nitrogens is 2. The van der Waals surface area contributed by atoms with Gasteiger partial charge in [0.1, 0.15) is 0 Å². The lowest BCUT2D eigenvalue weighted by molar-refractivity contribution is -0.107. The van der Waals surface area contributed by atoms with Gasteiger partial charge in [0.2, 0.25) is 0 Å². The van der Waals surface area contributed by atoms with Crippen LogP contribution in [0.4, 0.5) is 0 Å². The summed E-state index contributed by atoms with van der Waals surface area (Å²) in [6.45, 7) is 1.92. The summed E-state index contributed by atoms with van der Waals surface area (Å²) in [5.41, 5.74) is 0.943. The lowest BCUT2D eigenvalue weighted by atomic mass is 10.1. The molecule has 2 atom stereocenters. The molecule has 0 saturated heterocycles. The maximum Gasteiger partial charge on any atom is 0.157 e. The van der Waals surface area contributed by atoms with Gasteiger partial charge in [0.15, 0.2) is 6.29 Å². The highest BCUT2D eigenvalue weighted by Gasteiger charge is 2.14. The minimum absolute atomic E-state index is 0.0679. The average Bonchev–Trinajstić information content (AvgIpc) is 2.55. The number of aliphatic hydroxyl groups is 1. The monoisotopic (exact) mass is 170 g/mol. The highest BCUT2D eigenvalue weighted by molar-refractivity contribution is 4.95. The number of H-pyrrole nitrogens is 1. The van der Waals surface area contributed by atoms with Gasteiger partial charge in [-0.15, -0.1) is 0 Å². The van der Waals surface area contributed by atoms with Crippen LogP contribution in [0.5, 0.6) is 0 Å². The topological polar surface area (TPSA) is 58.1 Å². The molecule has 1 rings (SSSR count). The van der Waals surface area contributed by atoms with Crippen LogP contribution in [0.25, 0.3) is 0 Å². The van der Waals surface area contributed by atoms with E-state index in [-0.39, 0.29) is 5.92 Å². The Morgan fingerprint density at radius 3 is 3.00 bits per heavy atom. The molecule has 12 heavy (non-hydrogen) atoms. The summed E-state index contributed by atoms with van der Waals surface area (Å²) in [4.78, 5) is 6.91. The van der Waals surface area contributed by atoms with Crippen molar-refractivity contribution in [3.05, 3.63) is 18.2 Å². The minimum atomic E-state index is -0.707. The maximum absolute atomic E-state index is 9.27. The second-order valence-corrected chi connectivity index (χ2v) is 2.87. The van der Waals surface area contributed by atoms with Gasteiger partial charge >= 0.3 is 0 Å². The minimum Gasteiger partial charge on any atom is -0.368 e. The zero-order chi connectivity index (χ0) is 8.97. The Morgan fingerprint density at radius 1 is 1.75 bits per heavy atom. The number of rotatable bonds is 4. The SMILES string of the molecule is COC(O)C(C)Cc1c[nH]cn1. The Bertz CT molecular complexity index is 211. The van der Waals surface area contributed by atoms with Gasteiger partial charge in [-0.05, 0) is 6.42 Å². The third kappa shape index (κ3) is 2.32. The van der Waals surface area contributed by atoms with Crippen molar-refractivity contribution in [2.24, 2.45) is 5.92 Å². The predicted molar refractivity (Wildman–Crippen MR) is 44.5 cm³/mol. The summed E-state index contributed by atoms with van der Waals surface area (Å²) in [5.74, 6) is 0.0679. The first-order valence-corrected chi connectivity index (χ1v) is 3.92. The Balaban J connectivity index is 2.41. The predicted octanol–water partition coefficient (Wildman–Crippen LogP) is 0.553. The fraction of sp³-hybridized carbons (Fsp3) is 0.625. The third-order valence-corrected chi connectivity index (χ3v) is 1.81. The third-order valence-electron chi connectivity index (χ3n) is 1.81. The van der Waals surface area contributed by atoms with Crippen LogP contribution >= 0.6 is 0 Å². The zero-order valence-electron chi connectivity index (χ0n) is 7.32. The van der Waals surface area contributed by atoms with E-state index in [4.69, 9.17) is 4.74 Å². The van der Waals surface area contributed by atoms with Gasteiger partial charge in [0.25, 0.3) is 0 Å². The first kappa shape index (κ1) is 9.22. The highest BCUT2D eigenvalue weighted by atomic mass is 16.6. The molecule has 0 spiro atoms. The van der Waals surface area contributed by atoms with Crippen LogP contribution < -0.4 is 0 Å². The molecule has 1 aromatic heterocycles. The van der Waals surface area contributed by atoms with E-state index >= 15 is 0 Å². The van der Waals surface area contributed by atoms with Gasteiger partial charge in [-0.25, -0.2) is 4.98 Å². The number of nitrogens with one attached hydrogen (secondary N) is 1. The molecule has 0 radical (unpaired) electrons. The van der Waals surface area contributed by atoms with Crippen LogP contribution in [0.1, 0.15) is 12.6 Å². The van der Waals surface area contributed by atoms with Crippen molar-refractivity contribution in [3.8, 4) is 0 Å². The van der Waals surface area contributed by atoms with E-state index in [2.05, 4.69) is 9.97 Å². The van der Waals surface area contributed by atoms with E-state index < -0.39 is 6.29 Å². The fourth-order valence-electron chi connectivity index (χ4n) is 1.07. The van der Waals surface area contributed by atoms with Crippen molar-refractivity contribution in [2.45, 2.75) is 19.6 Å². The molecule has 0 aliphatic carbocycles. The Morgan fingerprint density at radius 2 is 2.50 bits per heavy atom. The molecule has 1 aromatic rings. The smallest absolute Gasteiger partial charge is 0.157 e. The van der Waals surface area contributed by atoms with Gasteiger partial charge in [0.05, 0.1) is 12.0 Å². The maximum atomic E-state index is 9.27. The van der Waals surface area contributed by atoms with Crippen molar-refractivity contribution in [1.29, 1.82) is 0 Å². The molecule has 4 heteroatoms. The molecular weight excluding hydrogens is 156 g/mol. The summed E-state index contributed by atoms with van der Waals surface area (Å²) < 4.78 is 4.78. The van der Waals surface area contributed by atoms with E-state index in [1.54, 1.807) is 6.33 Å². The molecule has 68 valence electrons. The zero-order valence-corrected chi connectivity index (χ0v) is 7.32. The summed E-state index contributed by atoms with van der Waals surface area (Å²) in [6.07, 6.45) is 3.46. The molecule has 2 N–H and O–H groups in total. The van der Waals surface area contributed by atoms with Crippen LogP contribution in [0.3, 0.4) is 0 Å². The van der Waals surface area contributed by atoms with E-state index in [0.29, 0.717) is 0 Å². The molecular formula is C8H14N2O2. The number of methoxy groups -OCH3 is 1. The summed E-state index contributed by atoms with van der Waals surface area (Å²) in [7, 11) is 1.49. The van der Waals surface area contributed by atoms with Gasteiger partial charge < -0.3 is 14.8 Å². The van der Waals surface area contributed by atoms with Gasteiger partial charge in [-0.2, -0.15) is 0 Å². The van der Waals surface area contributed by atoms with Crippen molar-refractivity contribution >= 4 is 0 Å². The molecule has 0 saturated carbocycles. The number of hydrogen-bond donors (Lipinski definition) is 2. The molecule has 2 unspecified atom stereocenters. The normalized spacial score (nSPS) is 15.9. The highest BCUT2D eigenvalue weighted by Crippen LogP contribution is 2.09. The Labute approximate surface area is 71.6 Å². The number of aromatic amines is 1. The lowest BCUT2D eigenvalue weighted by Crippen LogP contribution is -2.21. The van der Waals surface area contributed by atoms with Gasteiger partial charge in [-0.1, -0.05) is 6.92 Å². The van der Waals surface area contributed by atoms with Crippen LogP contribution in [0.2, 0.25) is 0 Å². The second-order valence-electron chi connectivity index (χ2n) is 2.87. The molecule has 0 aliphatic rings. The average molecular weight is 170 g/mol. The first-order chi connectivity index (χ1) is 5.74. The molecule has 0 bridgehead atoms. The van der Waals surface area contributed by atoms with Crippen LogP contribution in [-0.2, 0) is 11.2 Å². The Kier molecular flexibility index (Phi) is 3.25. The second kappa shape index (κ2) is 4.23. The van der Waals surface area contributed by atoms with Crippen LogP contribution in [0.15, 0.2) is 12.5 Å². The van der Waals surface area contributed by atoms with Crippen molar-refractivity contribution in [1.82, 2.24) is 9.97 Å². The number of imidazole rings is 1. The number of ether oxygens (including phenoxy) is 1. The molecule has 0 fully saturated rings. The molecule has 0 aliphatic heterocycles. The summed E-state index contributed by atoms with van der Waals surface area (Å²) >= 11 is 0. The van der Waals surface area contributed by atoms with Gasteiger partial charge in [0, 0.05) is 19.2 Å². The lowest BCUT2D eigenvalue weighted by Gasteiger charge is -2.15. The largest absolute Gasteiger partial charge is 0.368 e. The van der Waals surface area contributed by atoms with Crippen molar-refractivity contribution < 1.29 is 9.84 Å². The standard InChI is InChI=1S/C8H14N2O2/c1-6(8(11)12-2)3-7-4-9-5-10-7/h4-6,8,11H,3H2,1-2H3,(H,9,10).